The van der Waals surface area contributed by atoms with Crippen LogP contribution in [0, 0.1) is 0 Å². The lowest BCUT2D eigenvalue weighted by molar-refractivity contribution is -0.139. The minimum Gasteiger partial charge on any atom is -0.482 e. The molecule has 1 unspecified atom stereocenters. The van der Waals surface area contributed by atoms with Crippen molar-refractivity contribution in [3.8, 4) is 5.75 Å². The molecule has 0 aliphatic carbocycles. The van der Waals surface area contributed by atoms with E-state index in [1.54, 1.807) is 24.3 Å². The highest BCUT2D eigenvalue weighted by Crippen LogP contribution is 2.25. The van der Waals surface area contributed by atoms with Gasteiger partial charge in [0, 0.05) is 18.2 Å². The second-order valence-corrected chi connectivity index (χ2v) is 6.88. The molecule has 1 fully saturated rings. The Hall–Kier alpha value is -2.82. The Kier molecular flexibility index (Phi) is 6.47. The first-order valence-electron chi connectivity index (χ1n) is 9.43. The van der Waals surface area contributed by atoms with Gasteiger partial charge in [0.15, 0.2) is 6.61 Å². The summed E-state index contributed by atoms with van der Waals surface area (Å²) in [5.41, 5.74) is 1.88. The average Bonchev–Trinajstić information content (AvgIpc) is 3.15. The van der Waals surface area contributed by atoms with Crippen LogP contribution in [0.25, 0.3) is 0 Å². The lowest BCUT2D eigenvalue weighted by Gasteiger charge is -2.25. The van der Waals surface area contributed by atoms with Gasteiger partial charge in [0.2, 0.25) is 0 Å². The van der Waals surface area contributed by atoms with Gasteiger partial charge in [0.05, 0.1) is 0 Å². The van der Waals surface area contributed by atoms with Gasteiger partial charge in [-0.2, -0.15) is 0 Å². The predicted molar refractivity (Wildman–Crippen MR) is 103 cm³/mol. The van der Waals surface area contributed by atoms with Crippen LogP contribution in [-0.4, -0.2) is 41.1 Å². The van der Waals surface area contributed by atoms with Crippen molar-refractivity contribution in [3.63, 3.8) is 0 Å². The number of carbonyl (C=O) groups excluding carboxylic acids is 1. The number of hydrogen-bond donors (Lipinski definition) is 1. The summed E-state index contributed by atoms with van der Waals surface area (Å²) in [6.45, 7) is 0.360. The molecule has 0 spiro atoms. The predicted octanol–water partition coefficient (Wildman–Crippen LogP) is 3.78. The third-order valence-electron chi connectivity index (χ3n) is 4.93. The van der Waals surface area contributed by atoms with E-state index in [4.69, 9.17) is 9.84 Å². The number of hydrogen-bond acceptors (Lipinski definition) is 3. The maximum atomic E-state index is 12.9. The van der Waals surface area contributed by atoms with Gasteiger partial charge in [-0.25, -0.2) is 4.79 Å². The molecule has 142 valence electrons. The topological polar surface area (TPSA) is 66.8 Å². The van der Waals surface area contributed by atoms with Crippen molar-refractivity contribution in [2.75, 3.05) is 13.2 Å². The molecule has 0 radical (unpaired) electrons. The molecule has 0 saturated carbocycles. The molecule has 1 aliphatic rings. The normalized spacial score (nSPS) is 16.3. The standard InChI is InChI=1S/C22H25NO4/c24-21(25)16-27-20-13-5-10-18(15-20)22(26)23-14-6-12-19(23)11-4-9-17-7-2-1-3-8-17/h1-3,5,7-8,10,13,15,19H,4,6,9,11-12,14,16H2,(H,24,25). The summed E-state index contributed by atoms with van der Waals surface area (Å²) in [4.78, 5) is 25.5. The van der Waals surface area contributed by atoms with Gasteiger partial charge in [0.25, 0.3) is 5.91 Å². The second kappa shape index (κ2) is 9.21. The van der Waals surface area contributed by atoms with Crippen molar-refractivity contribution in [1.82, 2.24) is 4.90 Å². The summed E-state index contributed by atoms with van der Waals surface area (Å²) in [6.07, 6.45) is 5.14. The highest BCUT2D eigenvalue weighted by atomic mass is 16.5. The van der Waals surface area contributed by atoms with E-state index in [2.05, 4.69) is 24.3 Å². The highest BCUT2D eigenvalue weighted by Gasteiger charge is 2.29. The van der Waals surface area contributed by atoms with Crippen LogP contribution in [0.2, 0.25) is 0 Å². The Labute approximate surface area is 159 Å². The van der Waals surface area contributed by atoms with Crippen LogP contribution in [0.3, 0.4) is 0 Å². The Morgan fingerprint density at radius 1 is 1.11 bits per heavy atom. The van der Waals surface area contributed by atoms with Crippen LogP contribution in [0.15, 0.2) is 54.6 Å². The van der Waals surface area contributed by atoms with E-state index in [0.717, 1.165) is 38.6 Å². The van der Waals surface area contributed by atoms with Crippen molar-refractivity contribution >= 4 is 11.9 Å². The van der Waals surface area contributed by atoms with Crippen LogP contribution in [-0.2, 0) is 11.2 Å². The molecule has 1 saturated heterocycles. The van der Waals surface area contributed by atoms with Gasteiger partial charge < -0.3 is 14.7 Å². The first-order chi connectivity index (χ1) is 13.1. The monoisotopic (exact) mass is 367 g/mol. The molecule has 5 heteroatoms. The summed E-state index contributed by atoms with van der Waals surface area (Å²) in [7, 11) is 0. The smallest absolute Gasteiger partial charge is 0.341 e. The zero-order chi connectivity index (χ0) is 19.1. The van der Waals surface area contributed by atoms with Crippen molar-refractivity contribution < 1.29 is 19.4 Å². The van der Waals surface area contributed by atoms with Crippen molar-refractivity contribution in [2.24, 2.45) is 0 Å². The fraction of sp³-hybridized carbons (Fsp3) is 0.364. The lowest BCUT2D eigenvalue weighted by atomic mass is 10.0. The van der Waals surface area contributed by atoms with E-state index in [1.165, 1.54) is 5.56 Å². The second-order valence-electron chi connectivity index (χ2n) is 6.88. The van der Waals surface area contributed by atoms with E-state index in [1.807, 2.05) is 11.0 Å². The van der Waals surface area contributed by atoms with Gasteiger partial charge in [-0.05, 0) is 55.9 Å². The van der Waals surface area contributed by atoms with Crippen LogP contribution in [0.4, 0.5) is 0 Å². The van der Waals surface area contributed by atoms with Crippen LogP contribution in [0.1, 0.15) is 41.6 Å². The van der Waals surface area contributed by atoms with E-state index in [9.17, 15) is 9.59 Å². The zero-order valence-corrected chi connectivity index (χ0v) is 15.3. The van der Waals surface area contributed by atoms with Gasteiger partial charge in [-0.1, -0.05) is 36.4 Å². The minimum absolute atomic E-state index is 0.00186. The molecular weight excluding hydrogens is 342 g/mol. The SMILES string of the molecule is O=C(O)COc1cccc(C(=O)N2CCCC2CCCc2ccccc2)c1. The molecule has 0 bridgehead atoms. The molecule has 3 rings (SSSR count). The number of likely N-dealkylation sites (tertiary alicyclic amines) is 1. The Bertz CT molecular complexity index is 775. The summed E-state index contributed by atoms with van der Waals surface area (Å²) in [6, 6.07) is 17.5. The van der Waals surface area contributed by atoms with Gasteiger partial charge in [-0.3, -0.25) is 4.79 Å². The molecule has 1 aliphatic heterocycles. The van der Waals surface area contributed by atoms with Crippen molar-refractivity contribution in [3.05, 3.63) is 65.7 Å². The van der Waals surface area contributed by atoms with Gasteiger partial charge in [0.1, 0.15) is 5.75 Å². The average molecular weight is 367 g/mol. The molecule has 0 aromatic heterocycles. The summed E-state index contributed by atoms with van der Waals surface area (Å²) < 4.78 is 5.19. The molecule has 2 aromatic carbocycles. The molecule has 1 atom stereocenters. The largest absolute Gasteiger partial charge is 0.482 e. The fourth-order valence-electron chi connectivity index (χ4n) is 3.62. The number of rotatable bonds is 8. The maximum Gasteiger partial charge on any atom is 0.341 e. The Morgan fingerprint density at radius 2 is 1.93 bits per heavy atom. The van der Waals surface area contributed by atoms with Gasteiger partial charge in [-0.15, -0.1) is 0 Å². The molecule has 1 amide bonds. The molecule has 27 heavy (non-hydrogen) atoms. The Morgan fingerprint density at radius 3 is 2.70 bits per heavy atom. The van der Waals surface area contributed by atoms with E-state index < -0.39 is 12.6 Å². The summed E-state index contributed by atoms with van der Waals surface area (Å²) in [5.74, 6) is -0.634. The number of nitrogens with zero attached hydrogens (tertiary/aromatic N) is 1. The fourth-order valence-corrected chi connectivity index (χ4v) is 3.62. The number of aryl methyl sites for hydroxylation is 1. The lowest BCUT2D eigenvalue weighted by Crippen LogP contribution is -2.35. The van der Waals surface area contributed by atoms with E-state index in [-0.39, 0.29) is 11.9 Å². The number of benzene rings is 2. The molecule has 1 N–H and O–H groups in total. The quantitative estimate of drug-likeness (QED) is 0.771. The number of carboxylic acids is 1. The number of carboxylic acid groups (broad SMARTS) is 1. The third-order valence-corrected chi connectivity index (χ3v) is 4.93. The molecule has 1 heterocycles. The van der Waals surface area contributed by atoms with Crippen molar-refractivity contribution in [2.45, 2.75) is 38.1 Å². The number of aliphatic carboxylic acids is 1. The van der Waals surface area contributed by atoms with Crippen molar-refractivity contribution in [1.29, 1.82) is 0 Å². The minimum atomic E-state index is -1.04. The number of amides is 1. The summed E-state index contributed by atoms with van der Waals surface area (Å²) in [5, 5.41) is 8.73. The Balaban J connectivity index is 1.58. The van der Waals surface area contributed by atoms with Crippen LogP contribution >= 0.6 is 0 Å². The third kappa shape index (κ3) is 5.33. The number of ether oxygens (including phenoxy) is 1. The number of carbonyl (C=O) groups is 2. The summed E-state index contributed by atoms with van der Waals surface area (Å²) >= 11 is 0. The van der Waals surface area contributed by atoms with Gasteiger partial charge >= 0.3 is 5.97 Å². The van der Waals surface area contributed by atoms with E-state index >= 15 is 0 Å². The first-order valence-corrected chi connectivity index (χ1v) is 9.43. The van der Waals surface area contributed by atoms with Crippen LogP contribution < -0.4 is 4.74 Å². The van der Waals surface area contributed by atoms with E-state index in [0.29, 0.717) is 11.3 Å². The maximum absolute atomic E-state index is 12.9. The molecule has 5 nitrogen and oxygen atoms in total. The highest BCUT2D eigenvalue weighted by molar-refractivity contribution is 5.95. The first kappa shape index (κ1) is 19.0. The zero-order valence-electron chi connectivity index (χ0n) is 15.3. The van der Waals surface area contributed by atoms with Crippen LogP contribution in [0.5, 0.6) is 5.75 Å². The molecule has 2 aromatic rings. The molecular formula is C22H25NO4.